The van der Waals surface area contributed by atoms with Crippen molar-refractivity contribution in [3.05, 3.63) is 59.4 Å². The van der Waals surface area contributed by atoms with E-state index in [1.807, 2.05) is 19.4 Å². The number of amides is 2. The maximum Gasteiger partial charge on any atom is 0.288 e. The number of carbonyl (C=O) groups is 2. The van der Waals surface area contributed by atoms with Gasteiger partial charge in [-0.2, -0.15) is 0 Å². The lowest BCUT2D eigenvalue weighted by atomic mass is 10.0. The lowest BCUT2D eigenvalue weighted by molar-refractivity contribution is -0.107. The highest BCUT2D eigenvalue weighted by Crippen LogP contribution is 2.34. The van der Waals surface area contributed by atoms with Crippen LogP contribution >= 0.6 is 11.8 Å². The monoisotopic (exact) mass is 467 g/mol. The van der Waals surface area contributed by atoms with E-state index in [4.69, 9.17) is 5.73 Å². The third-order valence-electron chi connectivity index (χ3n) is 5.14. The van der Waals surface area contributed by atoms with Crippen LogP contribution in [-0.2, 0) is 17.8 Å². The Morgan fingerprint density at radius 3 is 2.79 bits per heavy atom. The van der Waals surface area contributed by atoms with Gasteiger partial charge in [0.2, 0.25) is 12.2 Å². The van der Waals surface area contributed by atoms with E-state index in [1.165, 1.54) is 11.1 Å². The average Bonchev–Trinajstić information content (AvgIpc) is 3.29. The highest BCUT2D eigenvalue weighted by Gasteiger charge is 2.18. The molecule has 0 radical (unpaired) electrons. The molecule has 3 aromatic rings. The van der Waals surface area contributed by atoms with Crippen molar-refractivity contribution < 1.29 is 9.59 Å². The van der Waals surface area contributed by atoms with Gasteiger partial charge in [0.05, 0.1) is 5.69 Å². The number of nitrogens with one attached hydrogen (secondary N) is 1. The number of primary amides is 1. The van der Waals surface area contributed by atoms with Crippen LogP contribution in [0.1, 0.15) is 40.9 Å². The van der Waals surface area contributed by atoms with Gasteiger partial charge in [-0.1, -0.05) is 6.92 Å². The largest absolute Gasteiger partial charge is 0.367 e. The Kier molecular flexibility index (Phi) is 8.42. The fourth-order valence-electron chi connectivity index (χ4n) is 3.42. The molecule has 4 rings (SSSR count). The maximum absolute atomic E-state index is 11.3. The predicted molar refractivity (Wildman–Crippen MR) is 131 cm³/mol. The first-order valence-electron chi connectivity index (χ1n) is 10.7. The topological polar surface area (TPSA) is 121 Å². The van der Waals surface area contributed by atoms with Crippen molar-refractivity contribution >= 4 is 35.5 Å². The summed E-state index contributed by atoms with van der Waals surface area (Å²) >= 11 is 1.81. The Hall–Kier alpha value is -3.40. The first kappa shape index (κ1) is 24.2. The summed E-state index contributed by atoms with van der Waals surface area (Å²) in [6.45, 7) is 5.72. The zero-order valence-electron chi connectivity index (χ0n) is 19.1. The number of thioether (sulfide) groups is 1. The molecule has 0 bridgehead atoms. The summed E-state index contributed by atoms with van der Waals surface area (Å²) in [4.78, 5) is 34.7. The van der Waals surface area contributed by atoms with Crippen molar-refractivity contribution in [3.8, 4) is 0 Å². The number of H-pyrrole nitrogens is 1. The van der Waals surface area contributed by atoms with Crippen molar-refractivity contribution in [2.75, 3.05) is 29.1 Å². The van der Waals surface area contributed by atoms with Crippen molar-refractivity contribution in [1.82, 2.24) is 20.2 Å². The summed E-state index contributed by atoms with van der Waals surface area (Å²) < 4.78 is 0. The van der Waals surface area contributed by atoms with Gasteiger partial charge in [-0.15, -0.1) is 16.9 Å². The van der Waals surface area contributed by atoms with Gasteiger partial charge in [-0.05, 0) is 60.9 Å². The fraction of sp³-hybridized carbons (Fsp3) is 0.348. The molecule has 3 heterocycles. The average molecular weight is 468 g/mol. The molecule has 0 saturated carbocycles. The van der Waals surface area contributed by atoms with E-state index in [0.717, 1.165) is 54.4 Å². The van der Waals surface area contributed by atoms with Crippen molar-refractivity contribution in [2.24, 2.45) is 5.73 Å². The number of aryl methyl sites for hydroxylation is 1. The van der Waals surface area contributed by atoms with E-state index in [-0.39, 0.29) is 5.82 Å². The number of carbonyl (C=O) groups excluding carboxylic acids is 2. The smallest absolute Gasteiger partial charge is 0.288 e. The van der Waals surface area contributed by atoms with Gasteiger partial charge in [-0.3, -0.25) is 19.7 Å². The van der Waals surface area contributed by atoms with Crippen LogP contribution in [0.25, 0.3) is 0 Å². The molecule has 0 unspecified atom stereocenters. The molecule has 0 aliphatic carbocycles. The van der Waals surface area contributed by atoms with E-state index < -0.39 is 5.91 Å². The lowest BCUT2D eigenvalue weighted by Crippen LogP contribution is -2.30. The molecular weight excluding hydrogens is 438 g/mol. The van der Waals surface area contributed by atoms with Gasteiger partial charge >= 0.3 is 0 Å². The number of hydrogen-bond donors (Lipinski definition) is 2. The number of aromatic amines is 1. The third-order valence-corrected chi connectivity index (χ3v) is 6.41. The van der Waals surface area contributed by atoms with Crippen LogP contribution in [0.15, 0.2) is 41.6 Å². The van der Waals surface area contributed by atoms with E-state index >= 15 is 0 Å². The molecule has 2 aromatic heterocycles. The molecular formula is C23H29N7O2S. The summed E-state index contributed by atoms with van der Waals surface area (Å²) in [5, 5.41) is 5.99. The summed E-state index contributed by atoms with van der Waals surface area (Å²) in [5.74, 6) is 1.07. The summed E-state index contributed by atoms with van der Waals surface area (Å²) in [7, 11) is 1.82. The minimum atomic E-state index is -0.612. The molecule has 3 N–H and O–H groups in total. The number of benzene rings is 1. The number of nitrogens with two attached hydrogens (primary N) is 1. The molecule has 1 aliphatic heterocycles. The predicted octanol–water partition coefficient (Wildman–Crippen LogP) is 2.95. The molecule has 0 fully saturated rings. The second-order valence-electron chi connectivity index (χ2n) is 7.64. The first-order chi connectivity index (χ1) is 15.9. The SMILES string of the molecule is CCCSc1ccc(N2CCc3ccncc3C2)cc1N(C)C=O.Cc1nc(C(N)=O)n[nH]1. The normalized spacial score (nSPS) is 12.4. The zero-order chi connectivity index (χ0) is 23.8. The highest BCUT2D eigenvalue weighted by molar-refractivity contribution is 7.99. The molecule has 33 heavy (non-hydrogen) atoms. The Bertz CT molecular complexity index is 1100. The Morgan fingerprint density at radius 1 is 1.33 bits per heavy atom. The third kappa shape index (κ3) is 6.32. The number of fused-ring (bicyclic) bond motifs is 1. The molecule has 174 valence electrons. The maximum atomic E-state index is 11.3. The minimum Gasteiger partial charge on any atom is -0.367 e. The van der Waals surface area contributed by atoms with Crippen LogP contribution in [0.5, 0.6) is 0 Å². The van der Waals surface area contributed by atoms with Gasteiger partial charge in [0, 0.05) is 43.1 Å². The number of anilines is 2. The van der Waals surface area contributed by atoms with E-state index in [2.05, 4.69) is 56.3 Å². The lowest BCUT2D eigenvalue weighted by Gasteiger charge is -2.31. The molecule has 1 aromatic carbocycles. The molecule has 10 heteroatoms. The molecule has 9 nitrogen and oxygen atoms in total. The second-order valence-corrected chi connectivity index (χ2v) is 8.78. The van der Waals surface area contributed by atoms with Crippen LogP contribution in [-0.4, -0.2) is 51.8 Å². The zero-order valence-corrected chi connectivity index (χ0v) is 19.9. The second kappa shape index (κ2) is 11.5. The van der Waals surface area contributed by atoms with Crippen molar-refractivity contribution in [1.29, 1.82) is 0 Å². The van der Waals surface area contributed by atoms with Crippen molar-refractivity contribution in [2.45, 2.75) is 38.1 Å². The van der Waals surface area contributed by atoms with Crippen LogP contribution in [0.2, 0.25) is 0 Å². The summed E-state index contributed by atoms with van der Waals surface area (Å²) in [6, 6.07) is 8.56. The van der Waals surface area contributed by atoms with Crippen LogP contribution in [0, 0.1) is 6.92 Å². The van der Waals surface area contributed by atoms with Gasteiger partial charge in [-0.25, -0.2) is 4.98 Å². The molecule has 2 amide bonds. The van der Waals surface area contributed by atoms with Gasteiger partial charge < -0.3 is 15.5 Å². The van der Waals surface area contributed by atoms with Crippen LogP contribution < -0.4 is 15.5 Å². The molecule has 0 atom stereocenters. The van der Waals surface area contributed by atoms with Gasteiger partial charge in [0.25, 0.3) is 5.91 Å². The Labute approximate surface area is 197 Å². The van der Waals surface area contributed by atoms with Gasteiger partial charge in [0.1, 0.15) is 5.82 Å². The number of aromatic nitrogens is 4. The summed E-state index contributed by atoms with van der Waals surface area (Å²) in [5.41, 5.74) is 9.67. The molecule has 0 spiro atoms. The molecule has 0 saturated heterocycles. The minimum absolute atomic E-state index is 0.0347. The quantitative estimate of drug-likeness (QED) is 0.405. The van der Waals surface area contributed by atoms with Gasteiger partial charge in [0.15, 0.2) is 0 Å². The van der Waals surface area contributed by atoms with Crippen molar-refractivity contribution in [3.63, 3.8) is 0 Å². The fourth-order valence-corrected chi connectivity index (χ4v) is 4.36. The van der Waals surface area contributed by atoms with E-state index in [0.29, 0.717) is 5.82 Å². The standard InChI is InChI=1S/C19H23N3OS.C4H6N4O/c1-3-10-24-19-5-4-17(11-18(19)21(2)14-23)22-9-7-15-6-8-20-12-16(15)13-22;1-2-6-4(3(5)9)8-7-2/h4-6,8,11-12,14H,3,7,9-10,13H2,1-2H3;1H3,(H2,5,9)(H,6,7,8). The Morgan fingerprint density at radius 2 is 2.15 bits per heavy atom. The van der Waals surface area contributed by atoms with Crippen LogP contribution in [0.3, 0.4) is 0 Å². The van der Waals surface area contributed by atoms with E-state index in [9.17, 15) is 9.59 Å². The van der Waals surface area contributed by atoms with E-state index in [1.54, 1.807) is 23.6 Å². The first-order valence-corrected chi connectivity index (χ1v) is 11.7. The summed E-state index contributed by atoms with van der Waals surface area (Å²) in [6.07, 6.45) is 6.86. The Balaban J connectivity index is 0.000000286. The van der Waals surface area contributed by atoms with Crippen LogP contribution in [0.4, 0.5) is 11.4 Å². The number of rotatable bonds is 7. The number of pyridine rings is 1. The number of hydrogen-bond acceptors (Lipinski definition) is 7. The highest BCUT2D eigenvalue weighted by atomic mass is 32.2. The molecule has 1 aliphatic rings. The number of nitrogens with zero attached hydrogens (tertiary/aromatic N) is 5.